The minimum Gasteiger partial charge on any atom is -0.375 e. The molecule has 5 atom stereocenters. The van der Waals surface area contributed by atoms with Gasteiger partial charge in [-0.1, -0.05) is 24.3 Å². The maximum Gasteiger partial charge on any atom is 0.148 e. The number of hydrogen-bond acceptors (Lipinski definition) is 5. The molecule has 2 aromatic carbocycles. The molecule has 7 heteroatoms. The van der Waals surface area contributed by atoms with Crippen molar-refractivity contribution in [2.45, 2.75) is 31.2 Å². The maximum absolute atomic E-state index is 15.2. The van der Waals surface area contributed by atoms with Gasteiger partial charge in [-0.3, -0.25) is 5.10 Å². The molecule has 7 rings (SSSR count). The second-order valence-electron chi connectivity index (χ2n) is 9.11. The molecule has 0 spiro atoms. The smallest absolute Gasteiger partial charge is 0.148 e. The van der Waals surface area contributed by atoms with E-state index in [-0.39, 0.29) is 11.9 Å². The zero-order valence-electron chi connectivity index (χ0n) is 16.4. The third-order valence-electron chi connectivity index (χ3n) is 7.80. The summed E-state index contributed by atoms with van der Waals surface area (Å²) in [4.78, 5) is 0. The highest BCUT2D eigenvalue weighted by Gasteiger charge is 2.54. The van der Waals surface area contributed by atoms with Crippen LogP contribution in [0, 0.1) is 23.6 Å². The van der Waals surface area contributed by atoms with Crippen LogP contribution < -0.4 is 21.7 Å². The lowest BCUT2D eigenvalue weighted by atomic mass is 9.67. The lowest BCUT2D eigenvalue weighted by Crippen LogP contribution is -2.36. The van der Waals surface area contributed by atoms with Crippen LogP contribution in [0.5, 0.6) is 0 Å². The highest BCUT2D eigenvalue weighted by molar-refractivity contribution is 5.89. The van der Waals surface area contributed by atoms with Gasteiger partial charge in [0, 0.05) is 23.2 Å². The zero-order chi connectivity index (χ0) is 19.8. The summed E-state index contributed by atoms with van der Waals surface area (Å²) in [6.07, 6.45) is 7.58. The summed E-state index contributed by atoms with van der Waals surface area (Å²) in [7, 11) is 0. The van der Waals surface area contributed by atoms with Crippen molar-refractivity contribution in [3.8, 4) is 0 Å². The van der Waals surface area contributed by atoms with Gasteiger partial charge in [-0.25, -0.2) is 4.39 Å². The van der Waals surface area contributed by atoms with E-state index in [1.54, 1.807) is 6.07 Å². The molecule has 0 saturated heterocycles. The van der Waals surface area contributed by atoms with Crippen LogP contribution in [0.1, 0.15) is 47.9 Å². The fourth-order valence-corrected chi connectivity index (χ4v) is 6.65. The van der Waals surface area contributed by atoms with Gasteiger partial charge in [-0.2, -0.15) is 10.6 Å². The number of hydrazine groups is 2. The number of nitrogens with one attached hydrogen (secondary N) is 5. The minimum atomic E-state index is -0.179. The van der Waals surface area contributed by atoms with Gasteiger partial charge in [0.25, 0.3) is 0 Å². The Bertz CT molecular complexity index is 1180. The molecule has 6 nitrogen and oxygen atoms in total. The Kier molecular flexibility index (Phi) is 3.33. The third kappa shape index (κ3) is 2.18. The molecule has 2 aliphatic carbocycles. The van der Waals surface area contributed by atoms with Crippen LogP contribution in [-0.4, -0.2) is 10.2 Å². The number of aromatic nitrogens is 2. The molecule has 0 radical (unpaired) electrons. The first kappa shape index (κ1) is 16.7. The van der Waals surface area contributed by atoms with Crippen molar-refractivity contribution in [3.63, 3.8) is 0 Å². The molecule has 1 aromatic heterocycles. The van der Waals surface area contributed by atoms with E-state index in [1.165, 1.54) is 24.8 Å². The van der Waals surface area contributed by atoms with Crippen molar-refractivity contribution in [1.82, 2.24) is 26.6 Å². The van der Waals surface area contributed by atoms with Gasteiger partial charge >= 0.3 is 0 Å². The van der Waals surface area contributed by atoms with Crippen molar-refractivity contribution < 1.29 is 4.39 Å². The molecule has 152 valence electrons. The fraction of sp³-hybridized carbons (Fsp3) is 0.348. The van der Waals surface area contributed by atoms with Gasteiger partial charge < -0.3 is 16.2 Å². The molecule has 0 amide bonds. The van der Waals surface area contributed by atoms with Gasteiger partial charge in [-0.05, 0) is 54.1 Å². The molecule has 5 unspecified atom stereocenters. The summed E-state index contributed by atoms with van der Waals surface area (Å²) in [5, 5.41) is 11.9. The first-order valence-corrected chi connectivity index (χ1v) is 10.8. The molecule has 2 aliphatic heterocycles. The van der Waals surface area contributed by atoms with Gasteiger partial charge in [0.2, 0.25) is 0 Å². The first-order chi connectivity index (χ1) is 14.8. The van der Waals surface area contributed by atoms with Gasteiger partial charge in [-0.15, -0.1) is 0 Å². The predicted molar refractivity (Wildman–Crippen MR) is 113 cm³/mol. The Hall–Kier alpha value is -3.06. The largest absolute Gasteiger partial charge is 0.375 e. The number of anilines is 1. The Morgan fingerprint density at radius 2 is 1.93 bits per heavy atom. The van der Waals surface area contributed by atoms with Crippen LogP contribution in [0.2, 0.25) is 0 Å². The summed E-state index contributed by atoms with van der Waals surface area (Å²) in [5.74, 6) is 2.06. The van der Waals surface area contributed by atoms with Crippen molar-refractivity contribution in [3.05, 3.63) is 65.2 Å². The number of halogens is 1. The van der Waals surface area contributed by atoms with E-state index < -0.39 is 0 Å². The molecular formula is C23H23FN6. The van der Waals surface area contributed by atoms with Crippen molar-refractivity contribution in [2.75, 3.05) is 5.32 Å². The zero-order valence-corrected chi connectivity index (χ0v) is 16.4. The van der Waals surface area contributed by atoms with Crippen LogP contribution in [0.3, 0.4) is 0 Å². The number of benzene rings is 2. The van der Waals surface area contributed by atoms with Crippen LogP contribution in [0.15, 0.2) is 42.7 Å². The van der Waals surface area contributed by atoms with E-state index in [0.29, 0.717) is 29.4 Å². The number of hydrogen-bond donors (Lipinski definition) is 5. The average molecular weight is 402 g/mol. The monoisotopic (exact) mass is 402 g/mol. The van der Waals surface area contributed by atoms with E-state index in [9.17, 15) is 0 Å². The quantitative estimate of drug-likeness (QED) is 0.449. The topological polar surface area (TPSA) is 76.8 Å². The van der Waals surface area contributed by atoms with E-state index in [4.69, 9.17) is 0 Å². The SMILES string of the molecule is Fc1cc2[nH]ncc2c2c1NC(c1ccc(C3=CNNN3)cc1)C1C3CCC(C3)C21. The Morgan fingerprint density at radius 3 is 2.77 bits per heavy atom. The summed E-state index contributed by atoms with van der Waals surface area (Å²) in [6.45, 7) is 0. The first-order valence-electron chi connectivity index (χ1n) is 10.8. The highest BCUT2D eigenvalue weighted by atomic mass is 19.1. The summed E-state index contributed by atoms with van der Waals surface area (Å²) >= 11 is 0. The normalized spacial score (nSPS) is 31.0. The second kappa shape index (κ2) is 5.98. The van der Waals surface area contributed by atoms with Crippen LogP contribution in [-0.2, 0) is 0 Å². The molecule has 2 bridgehead atoms. The molecule has 2 saturated carbocycles. The number of H-pyrrole nitrogens is 1. The van der Waals surface area contributed by atoms with Crippen molar-refractivity contribution >= 4 is 22.3 Å². The summed E-state index contributed by atoms with van der Waals surface area (Å²) in [5.41, 5.74) is 14.9. The molecule has 30 heavy (non-hydrogen) atoms. The predicted octanol–water partition coefficient (Wildman–Crippen LogP) is 3.91. The summed E-state index contributed by atoms with van der Waals surface area (Å²) in [6, 6.07) is 10.4. The molecule has 5 N–H and O–H groups in total. The number of rotatable bonds is 2. The lowest BCUT2D eigenvalue weighted by Gasteiger charge is -2.44. The molecule has 2 fully saturated rings. The second-order valence-corrected chi connectivity index (χ2v) is 9.11. The van der Waals surface area contributed by atoms with Crippen LogP contribution in [0.4, 0.5) is 10.1 Å². The van der Waals surface area contributed by atoms with Crippen LogP contribution in [0.25, 0.3) is 16.6 Å². The summed E-state index contributed by atoms with van der Waals surface area (Å²) < 4.78 is 15.2. The van der Waals surface area contributed by atoms with E-state index in [2.05, 4.69) is 56.2 Å². The Balaban J connectivity index is 1.35. The number of fused-ring (bicyclic) bond motifs is 9. The van der Waals surface area contributed by atoms with Crippen molar-refractivity contribution in [1.29, 1.82) is 0 Å². The number of nitrogens with zero attached hydrogens (tertiary/aromatic N) is 1. The Morgan fingerprint density at radius 1 is 1.07 bits per heavy atom. The van der Waals surface area contributed by atoms with Gasteiger partial charge in [0.15, 0.2) is 0 Å². The van der Waals surface area contributed by atoms with E-state index in [1.807, 2.05) is 12.4 Å². The van der Waals surface area contributed by atoms with E-state index in [0.717, 1.165) is 27.7 Å². The molecular weight excluding hydrogens is 379 g/mol. The third-order valence-corrected chi connectivity index (χ3v) is 7.80. The average Bonchev–Trinajstić information content (AvgIpc) is 3.58. The minimum absolute atomic E-state index is 0.132. The Labute approximate surface area is 173 Å². The van der Waals surface area contributed by atoms with Crippen LogP contribution >= 0.6 is 0 Å². The molecule has 3 heterocycles. The van der Waals surface area contributed by atoms with E-state index >= 15 is 4.39 Å². The standard InChI is InChI=1S/C23H23FN6/c24-16-8-17-15(9-25-28-17)21-19-13-5-6-14(7-13)20(19)22(27-23(16)21)12-3-1-11(2-4-12)18-10-26-30-29-18/h1-4,8-10,13-14,19-20,22,26-27,29-30H,5-7H2,(H,25,28). The fourth-order valence-electron chi connectivity index (χ4n) is 6.65. The van der Waals surface area contributed by atoms with Gasteiger partial charge in [0.05, 0.1) is 29.1 Å². The van der Waals surface area contributed by atoms with Gasteiger partial charge in [0.1, 0.15) is 5.82 Å². The maximum atomic E-state index is 15.2. The molecule has 3 aromatic rings. The number of aromatic amines is 1. The van der Waals surface area contributed by atoms with Crippen molar-refractivity contribution in [2.24, 2.45) is 17.8 Å². The lowest BCUT2D eigenvalue weighted by molar-refractivity contribution is 0.247. The highest BCUT2D eigenvalue weighted by Crippen LogP contribution is 2.64. The molecule has 4 aliphatic rings.